The predicted molar refractivity (Wildman–Crippen MR) is 156 cm³/mol. The Labute approximate surface area is 252 Å². The Morgan fingerprint density at radius 2 is 2.00 bits per heavy atom. The van der Waals surface area contributed by atoms with Crippen molar-refractivity contribution >= 4 is 48.2 Å². The van der Waals surface area contributed by atoms with E-state index in [0.717, 1.165) is 25.7 Å². The molecule has 1 saturated heterocycles. The molecule has 2 fully saturated rings. The van der Waals surface area contributed by atoms with Crippen molar-refractivity contribution < 1.29 is 38.1 Å². The molecule has 1 aliphatic carbocycles. The number of imidazole rings is 1. The molecule has 1 aromatic carbocycles. The Kier molecular flexibility index (Phi) is 9.14. The summed E-state index contributed by atoms with van der Waals surface area (Å²) in [5.41, 5.74) is 4.61. The molecule has 6 atom stereocenters. The van der Waals surface area contributed by atoms with Crippen molar-refractivity contribution in [2.75, 3.05) is 24.7 Å². The van der Waals surface area contributed by atoms with Crippen LogP contribution in [0.1, 0.15) is 45.8 Å². The van der Waals surface area contributed by atoms with E-state index in [4.69, 9.17) is 35.9 Å². The van der Waals surface area contributed by atoms with Crippen molar-refractivity contribution in [3.05, 3.63) is 35.6 Å². The highest BCUT2D eigenvalue weighted by Gasteiger charge is 2.54. The topological polar surface area (TPSA) is 205 Å². The zero-order valence-electron chi connectivity index (χ0n) is 23.8. The quantitative estimate of drug-likeness (QED) is 0.151. The van der Waals surface area contributed by atoms with Crippen LogP contribution in [-0.2, 0) is 23.4 Å². The molecule has 4 unspecified atom stereocenters. The highest BCUT2D eigenvalue weighted by atomic mass is 35.5. The Morgan fingerprint density at radius 3 is 2.67 bits per heavy atom. The fraction of sp³-hybridized carbons (Fsp3) is 0.538. The third-order valence-electron chi connectivity index (χ3n) is 7.42. The second-order valence-electron chi connectivity index (χ2n) is 10.7. The van der Waals surface area contributed by atoms with Gasteiger partial charge in [0, 0.05) is 12.1 Å². The highest BCUT2D eigenvalue weighted by Crippen LogP contribution is 2.47. The van der Waals surface area contributed by atoms with Crippen LogP contribution in [0.4, 0.5) is 11.8 Å². The fourth-order valence-corrected chi connectivity index (χ4v) is 6.74. The molecule has 43 heavy (non-hydrogen) atoms. The standard InChI is InChI=1S/C26H35ClN7O8P/c1-14(23(36)40-16-6-4-5-7-16)33-43(38,42-17-10-8-15(27)9-11-17)39-12-18-20(35)26(2,37)24(41-18)34-13-30-19-21(29-3)31-25(28)32-22(19)34/h8-11,13-14,16,18,20,24,35,37H,4-7,12H2,1-3H3,(H,33,38)(H3,28,29,31,32)/t14?,18?,20-,24?,26-,43?/m1/s1. The summed E-state index contributed by atoms with van der Waals surface area (Å²) >= 11 is 5.97. The van der Waals surface area contributed by atoms with Gasteiger partial charge in [-0.3, -0.25) is 13.9 Å². The van der Waals surface area contributed by atoms with Crippen molar-refractivity contribution in [3.63, 3.8) is 0 Å². The van der Waals surface area contributed by atoms with Gasteiger partial charge in [0.2, 0.25) is 5.95 Å². The van der Waals surface area contributed by atoms with Gasteiger partial charge in [0.25, 0.3) is 0 Å². The number of fused-ring (bicyclic) bond motifs is 1. The smallest absolute Gasteiger partial charge is 0.459 e. The molecule has 234 valence electrons. The molecule has 3 aromatic rings. The summed E-state index contributed by atoms with van der Waals surface area (Å²) in [6.45, 7) is 2.36. The van der Waals surface area contributed by atoms with E-state index >= 15 is 0 Å². The van der Waals surface area contributed by atoms with Crippen molar-refractivity contribution in [2.45, 2.75) is 75.7 Å². The number of esters is 1. The Bertz CT molecular complexity index is 1500. The lowest BCUT2D eigenvalue weighted by Crippen LogP contribution is -2.44. The summed E-state index contributed by atoms with van der Waals surface area (Å²) in [5.74, 6) is -0.128. The van der Waals surface area contributed by atoms with E-state index in [1.807, 2.05) is 0 Å². The van der Waals surface area contributed by atoms with Gasteiger partial charge in [-0.2, -0.15) is 15.1 Å². The lowest BCUT2D eigenvalue weighted by atomic mass is 9.96. The summed E-state index contributed by atoms with van der Waals surface area (Å²) in [7, 11) is -2.65. The number of nitrogens with one attached hydrogen (secondary N) is 2. The molecule has 3 heterocycles. The van der Waals surface area contributed by atoms with Gasteiger partial charge >= 0.3 is 13.7 Å². The minimum Gasteiger partial charge on any atom is -0.461 e. The second kappa shape index (κ2) is 12.5. The highest BCUT2D eigenvalue weighted by molar-refractivity contribution is 7.52. The van der Waals surface area contributed by atoms with Crippen LogP contribution in [0.15, 0.2) is 30.6 Å². The number of nitrogen functional groups attached to an aromatic ring is 1. The van der Waals surface area contributed by atoms with Crippen LogP contribution in [0.2, 0.25) is 5.02 Å². The molecule has 1 saturated carbocycles. The predicted octanol–water partition coefficient (Wildman–Crippen LogP) is 2.78. The number of aliphatic hydroxyl groups excluding tert-OH is 1. The third kappa shape index (κ3) is 6.73. The number of nitrogens with zero attached hydrogens (tertiary/aromatic N) is 4. The van der Waals surface area contributed by atoms with Crippen LogP contribution in [0, 0.1) is 0 Å². The number of ether oxygens (including phenoxy) is 2. The normalized spacial score (nSPS) is 26.3. The molecule has 0 amide bonds. The number of benzene rings is 1. The number of carbonyl (C=O) groups excluding carboxylic acids is 1. The van der Waals surface area contributed by atoms with Crippen LogP contribution < -0.4 is 20.7 Å². The number of anilines is 2. The average Bonchev–Trinajstić information content (AvgIpc) is 3.68. The monoisotopic (exact) mass is 639 g/mol. The summed E-state index contributed by atoms with van der Waals surface area (Å²) in [6, 6.07) is 4.99. The van der Waals surface area contributed by atoms with Crippen molar-refractivity contribution in [3.8, 4) is 5.75 Å². The van der Waals surface area contributed by atoms with Gasteiger partial charge in [-0.1, -0.05) is 11.6 Å². The second-order valence-corrected chi connectivity index (χ2v) is 12.9. The lowest BCUT2D eigenvalue weighted by Gasteiger charge is -2.27. The first kappa shape index (κ1) is 31.4. The van der Waals surface area contributed by atoms with Gasteiger partial charge in [0.15, 0.2) is 23.2 Å². The van der Waals surface area contributed by atoms with Crippen LogP contribution in [0.3, 0.4) is 0 Å². The fourth-order valence-electron chi connectivity index (χ4n) is 5.12. The van der Waals surface area contributed by atoms with Crippen LogP contribution in [0.25, 0.3) is 11.2 Å². The van der Waals surface area contributed by atoms with E-state index < -0.39 is 50.4 Å². The molecule has 17 heteroatoms. The van der Waals surface area contributed by atoms with Crippen LogP contribution >= 0.6 is 19.3 Å². The molecular formula is C26H35ClN7O8P. The minimum atomic E-state index is -4.30. The van der Waals surface area contributed by atoms with E-state index in [9.17, 15) is 19.6 Å². The zero-order chi connectivity index (χ0) is 30.9. The van der Waals surface area contributed by atoms with E-state index in [1.165, 1.54) is 49.0 Å². The van der Waals surface area contributed by atoms with Gasteiger partial charge in [-0.05, 0) is 63.8 Å². The maximum absolute atomic E-state index is 14.0. The van der Waals surface area contributed by atoms with Crippen LogP contribution in [0.5, 0.6) is 5.75 Å². The van der Waals surface area contributed by atoms with Crippen LogP contribution in [-0.4, -0.2) is 79.3 Å². The Balaban J connectivity index is 1.34. The number of nitrogens with two attached hydrogens (primary N) is 1. The molecule has 1 aliphatic heterocycles. The first-order valence-electron chi connectivity index (χ1n) is 13.8. The minimum absolute atomic E-state index is 0.0383. The van der Waals surface area contributed by atoms with E-state index in [2.05, 4.69) is 25.4 Å². The molecule has 0 spiro atoms. The first-order chi connectivity index (χ1) is 20.4. The summed E-state index contributed by atoms with van der Waals surface area (Å²) < 4.78 is 38.4. The number of hydrogen-bond acceptors (Lipinski definition) is 13. The summed E-state index contributed by atoms with van der Waals surface area (Å²) in [6.07, 6.45) is 0.784. The Hall–Kier alpha value is -3.04. The van der Waals surface area contributed by atoms with E-state index in [0.29, 0.717) is 16.4 Å². The lowest BCUT2D eigenvalue weighted by molar-refractivity contribution is -0.150. The van der Waals surface area contributed by atoms with Gasteiger partial charge in [0.05, 0.1) is 12.9 Å². The SMILES string of the molecule is CNc1nc(N)nc2c1ncn2C1OC(COP(=O)(NC(C)C(=O)OC2CCCC2)Oc2ccc(Cl)cc2)[C@@H](O)[C@@]1(C)O. The molecule has 2 aromatic heterocycles. The summed E-state index contributed by atoms with van der Waals surface area (Å²) in [4.78, 5) is 25.4. The molecular weight excluding hydrogens is 605 g/mol. The Morgan fingerprint density at radius 1 is 1.30 bits per heavy atom. The molecule has 15 nitrogen and oxygen atoms in total. The molecule has 0 bridgehead atoms. The molecule has 5 rings (SSSR count). The number of hydrogen-bond donors (Lipinski definition) is 5. The average molecular weight is 640 g/mol. The zero-order valence-corrected chi connectivity index (χ0v) is 25.5. The number of aromatic nitrogens is 4. The van der Waals surface area contributed by atoms with Crippen molar-refractivity contribution in [1.82, 2.24) is 24.6 Å². The van der Waals surface area contributed by atoms with E-state index in [-0.39, 0.29) is 23.4 Å². The number of rotatable bonds is 11. The first-order valence-corrected chi connectivity index (χ1v) is 15.7. The molecule has 6 N–H and O–H groups in total. The molecule has 2 aliphatic rings. The van der Waals surface area contributed by atoms with Gasteiger partial charge < -0.3 is 35.3 Å². The largest absolute Gasteiger partial charge is 0.461 e. The number of halogens is 1. The number of aliphatic hydroxyl groups is 2. The van der Waals surface area contributed by atoms with Gasteiger partial charge in [-0.25, -0.2) is 9.55 Å². The molecule has 0 radical (unpaired) electrons. The third-order valence-corrected chi connectivity index (χ3v) is 9.32. The summed E-state index contributed by atoms with van der Waals surface area (Å²) in [5, 5.41) is 28.3. The number of carbonyl (C=O) groups is 1. The van der Waals surface area contributed by atoms with Gasteiger partial charge in [0.1, 0.15) is 35.7 Å². The van der Waals surface area contributed by atoms with Gasteiger partial charge in [-0.15, -0.1) is 0 Å². The van der Waals surface area contributed by atoms with Crippen molar-refractivity contribution in [1.29, 1.82) is 0 Å². The van der Waals surface area contributed by atoms with Crippen molar-refractivity contribution in [2.24, 2.45) is 0 Å². The maximum Gasteiger partial charge on any atom is 0.459 e. The maximum atomic E-state index is 14.0. The van der Waals surface area contributed by atoms with E-state index in [1.54, 1.807) is 7.05 Å².